The standard InChI is InChI=1S/C29H23ClF3N3O2/c1-18(19-6-3-2-4-7-19)34-27(37)22-9-5-8-21(16-22)20-10-12-23(13-11-20)35-28(38)36-24-14-15-25(26(30)17-24)29(31,32)33/h2-18H,1H3,(H,34,37)(H2,35,36,38). The highest BCUT2D eigenvalue weighted by molar-refractivity contribution is 6.31. The van der Waals surface area contributed by atoms with E-state index in [1.165, 1.54) is 0 Å². The first-order valence-electron chi connectivity index (χ1n) is 11.6. The normalized spacial score (nSPS) is 11.9. The number of nitrogens with one attached hydrogen (secondary N) is 3. The molecule has 4 aromatic carbocycles. The predicted molar refractivity (Wildman–Crippen MR) is 143 cm³/mol. The van der Waals surface area contributed by atoms with Crippen LogP contribution >= 0.6 is 11.6 Å². The van der Waals surface area contributed by atoms with Gasteiger partial charge in [0.1, 0.15) is 0 Å². The van der Waals surface area contributed by atoms with Crippen molar-refractivity contribution in [1.82, 2.24) is 5.32 Å². The predicted octanol–water partition coefficient (Wildman–Crippen LogP) is 8.16. The van der Waals surface area contributed by atoms with Crippen molar-refractivity contribution in [2.75, 3.05) is 10.6 Å². The molecule has 0 aliphatic heterocycles. The van der Waals surface area contributed by atoms with Crippen LogP contribution in [0.3, 0.4) is 0 Å². The first-order valence-corrected chi connectivity index (χ1v) is 12.0. The van der Waals surface area contributed by atoms with Gasteiger partial charge in [0.2, 0.25) is 0 Å². The van der Waals surface area contributed by atoms with Crippen LogP contribution in [-0.4, -0.2) is 11.9 Å². The van der Waals surface area contributed by atoms with Gasteiger partial charge in [-0.05, 0) is 66.1 Å². The van der Waals surface area contributed by atoms with Crippen LogP contribution in [-0.2, 0) is 6.18 Å². The van der Waals surface area contributed by atoms with Crippen LogP contribution in [0.5, 0.6) is 0 Å². The molecule has 0 spiro atoms. The minimum atomic E-state index is -4.58. The number of urea groups is 1. The van der Waals surface area contributed by atoms with Crippen molar-refractivity contribution in [3.05, 3.63) is 119 Å². The molecule has 4 rings (SSSR count). The lowest BCUT2D eigenvalue weighted by Gasteiger charge is -2.15. The van der Waals surface area contributed by atoms with Gasteiger partial charge in [0, 0.05) is 16.9 Å². The van der Waals surface area contributed by atoms with Crippen molar-refractivity contribution in [3.63, 3.8) is 0 Å². The van der Waals surface area contributed by atoms with Crippen LogP contribution in [0, 0.1) is 0 Å². The van der Waals surface area contributed by atoms with Crippen LogP contribution in [0.25, 0.3) is 11.1 Å². The molecule has 0 saturated heterocycles. The average Bonchev–Trinajstić information content (AvgIpc) is 2.89. The Hall–Kier alpha value is -4.30. The van der Waals surface area contributed by atoms with E-state index in [9.17, 15) is 22.8 Å². The number of alkyl halides is 3. The Morgan fingerprint density at radius 1 is 0.763 bits per heavy atom. The first kappa shape index (κ1) is 26.8. The van der Waals surface area contributed by atoms with E-state index in [0.717, 1.165) is 34.9 Å². The summed E-state index contributed by atoms with van der Waals surface area (Å²) >= 11 is 5.70. The zero-order valence-corrected chi connectivity index (χ0v) is 20.9. The molecule has 0 aliphatic carbocycles. The molecule has 0 radical (unpaired) electrons. The number of anilines is 2. The van der Waals surface area contributed by atoms with E-state index in [-0.39, 0.29) is 17.6 Å². The SMILES string of the molecule is CC(NC(=O)c1cccc(-c2ccc(NC(=O)Nc3ccc(C(F)(F)F)c(Cl)c3)cc2)c1)c1ccccc1. The Bertz CT molecular complexity index is 1440. The van der Waals surface area contributed by atoms with Gasteiger partial charge in [-0.2, -0.15) is 13.2 Å². The van der Waals surface area contributed by atoms with E-state index < -0.39 is 22.8 Å². The van der Waals surface area contributed by atoms with Crippen LogP contribution < -0.4 is 16.0 Å². The number of hydrogen-bond donors (Lipinski definition) is 3. The molecule has 9 heteroatoms. The molecule has 0 heterocycles. The number of halogens is 4. The second-order valence-electron chi connectivity index (χ2n) is 8.54. The minimum absolute atomic E-state index is 0.119. The van der Waals surface area contributed by atoms with Crippen LogP contribution in [0.15, 0.2) is 97.1 Å². The van der Waals surface area contributed by atoms with Gasteiger partial charge in [-0.15, -0.1) is 0 Å². The molecule has 38 heavy (non-hydrogen) atoms. The minimum Gasteiger partial charge on any atom is -0.346 e. The van der Waals surface area contributed by atoms with E-state index in [1.54, 1.807) is 42.5 Å². The van der Waals surface area contributed by atoms with Gasteiger partial charge in [-0.3, -0.25) is 4.79 Å². The lowest BCUT2D eigenvalue weighted by Crippen LogP contribution is -2.26. The highest BCUT2D eigenvalue weighted by Crippen LogP contribution is 2.36. The van der Waals surface area contributed by atoms with Crippen molar-refractivity contribution in [1.29, 1.82) is 0 Å². The summed E-state index contributed by atoms with van der Waals surface area (Å²) in [6.45, 7) is 1.92. The van der Waals surface area contributed by atoms with Crippen molar-refractivity contribution in [2.45, 2.75) is 19.1 Å². The maximum absolute atomic E-state index is 12.9. The molecule has 194 valence electrons. The Balaban J connectivity index is 1.38. The third-order valence-corrected chi connectivity index (χ3v) is 6.09. The number of amides is 3. The molecule has 1 atom stereocenters. The van der Waals surface area contributed by atoms with E-state index in [4.69, 9.17) is 11.6 Å². The molecule has 3 N–H and O–H groups in total. The summed E-state index contributed by atoms with van der Waals surface area (Å²) in [5, 5.41) is 7.57. The number of rotatable bonds is 6. The smallest absolute Gasteiger partial charge is 0.346 e. The Morgan fingerprint density at radius 2 is 1.42 bits per heavy atom. The fourth-order valence-electron chi connectivity index (χ4n) is 3.81. The van der Waals surface area contributed by atoms with Gasteiger partial charge < -0.3 is 16.0 Å². The first-order chi connectivity index (χ1) is 18.1. The van der Waals surface area contributed by atoms with Gasteiger partial charge in [-0.1, -0.05) is 66.2 Å². The summed E-state index contributed by atoms with van der Waals surface area (Å²) in [5.41, 5.74) is 2.78. The van der Waals surface area contributed by atoms with Crippen LogP contribution in [0.1, 0.15) is 34.5 Å². The summed E-state index contributed by atoms with van der Waals surface area (Å²) in [7, 11) is 0. The third kappa shape index (κ3) is 6.72. The number of carbonyl (C=O) groups is 2. The third-order valence-electron chi connectivity index (χ3n) is 5.78. The molecule has 3 amide bonds. The molecular weight excluding hydrogens is 515 g/mol. The Labute approximate surface area is 222 Å². The van der Waals surface area contributed by atoms with Gasteiger partial charge >= 0.3 is 12.2 Å². The van der Waals surface area contributed by atoms with Crippen molar-refractivity contribution >= 4 is 34.9 Å². The van der Waals surface area contributed by atoms with Gasteiger partial charge in [-0.25, -0.2) is 4.79 Å². The molecule has 0 saturated carbocycles. The van der Waals surface area contributed by atoms with E-state index in [0.29, 0.717) is 11.3 Å². The molecule has 0 aromatic heterocycles. The van der Waals surface area contributed by atoms with Crippen molar-refractivity contribution in [3.8, 4) is 11.1 Å². The summed E-state index contributed by atoms with van der Waals surface area (Å²) in [5.74, 6) is -0.193. The zero-order chi connectivity index (χ0) is 27.3. The molecule has 0 aliphatic rings. The van der Waals surface area contributed by atoms with Gasteiger partial charge in [0.05, 0.1) is 16.6 Å². The maximum atomic E-state index is 12.9. The largest absolute Gasteiger partial charge is 0.417 e. The van der Waals surface area contributed by atoms with E-state index in [1.807, 2.05) is 43.3 Å². The quantitative estimate of drug-likeness (QED) is 0.232. The highest BCUT2D eigenvalue weighted by Gasteiger charge is 2.33. The number of carbonyl (C=O) groups excluding carboxylic acids is 2. The summed E-state index contributed by atoms with van der Waals surface area (Å²) < 4.78 is 38.6. The second kappa shape index (κ2) is 11.4. The molecule has 4 aromatic rings. The number of hydrogen-bond acceptors (Lipinski definition) is 2. The molecule has 1 unspecified atom stereocenters. The number of benzene rings is 4. The van der Waals surface area contributed by atoms with Gasteiger partial charge in [0.25, 0.3) is 5.91 Å². The zero-order valence-electron chi connectivity index (χ0n) is 20.1. The van der Waals surface area contributed by atoms with Crippen molar-refractivity contribution in [2.24, 2.45) is 0 Å². The molecule has 0 bridgehead atoms. The molecule has 5 nitrogen and oxygen atoms in total. The fraction of sp³-hybridized carbons (Fsp3) is 0.103. The lowest BCUT2D eigenvalue weighted by molar-refractivity contribution is -0.137. The molecular formula is C29H23ClF3N3O2. The van der Waals surface area contributed by atoms with Gasteiger partial charge in [0.15, 0.2) is 0 Å². The Morgan fingerprint density at radius 3 is 2.08 bits per heavy atom. The van der Waals surface area contributed by atoms with Crippen LogP contribution in [0.4, 0.5) is 29.3 Å². The monoisotopic (exact) mass is 537 g/mol. The molecule has 0 fully saturated rings. The van der Waals surface area contributed by atoms with E-state index >= 15 is 0 Å². The topological polar surface area (TPSA) is 70.2 Å². The van der Waals surface area contributed by atoms with Crippen LogP contribution in [0.2, 0.25) is 5.02 Å². The average molecular weight is 538 g/mol. The fourth-order valence-corrected chi connectivity index (χ4v) is 4.09. The summed E-state index contributed by atoms with van der Waals surface area (Å²) in [6, 6.07) is 26.0. The maximum Gasteiger partial charge on any atom is 0.417 e. The van der Waals surface area contributed by atoms with Crippen molar-refractivity contribution < 1.29 is 22.8 Å². The summed E-state index contributed by atoms with van der Waals surface area (Å²) in [6.07, 6.45) is -4.58. The lowest BCUT2D eigenvalue weighted by atomic mass is 10.0. The highest BCUT2D eigenvalue weighted by atomic mass is 35.5. The van der Waals surface area contributed by atoms with E-state index in [2.05, 4.69) is 16.0 Å². The Kier molecular flexibility index (Phi) is 8.02. The second-order valence-corrected chi connectivity index (χ2v) is 8.94. The summed E-state index contributed by atoms with van der Waals surface area (Å²) in [4.78, 5) is 25.1.